The molecular formula is C28H34N4O3. The molecule has 0 saturated carbocycles. The molecule has 184 valence electrons. The van der Waals surface area contributed by atoms with Gasteiger partial charge in [-0.15, -0.1) is 0 Å². The Balaban J connectivity index is 1.06. The van der Waals surface area contributed by atoms with Gasteiger partial charge in [0.25, 0.3) is 0 Å². The van der Waals surface area contributed by atoms with Gasteiger partial charge in [0.2, 0.25) is 11.8 Å². The third-order valence-corrected chi connectivity index (χ3v) is 6.95. The Morgan fingerprint density at radius 3 is 2.60 bits per heavy atom. The van der Waals surface area contributed by atoms with E-state index in [4.69, 9.17) is 9.47 Å². The molecule has 1 fully saturated rings. The van der Waals surface area contributed by atoms with Crippen molar-refractivity contribution in [2.24, 2.45) is 0 Å². The van der Waals surface area contributed by atoms with Crippen LogP contribution in [0, 0.1) is 0 Å². The van der Waals surface area contributed by atoms with Crippen molar-refractivity contribution in [3.05, 3.63) is 60.2 Å². The smallest absolute Gasteiger partial charge is 0.230 e. The number of carbonyl (C=O) groups is 1. The fourth-order valence-corrected chi connectivity index (χ4v) is 5.04. The number of benzene rings is 2. The van der Waals surface area contributed by atoms with Crippen LogP contribution >= 0.6 is 0 Å². The van der Waals surface area contributed by atoms with E-state index in [-0.39, 0.29) is 12.6 Å². The van der Waals surface area contributed by atoms with E-state index in [9.17, 15) is 4.79 Å². The number of unbranched alkanes of at least 4 members (excludes halogenated alkanes) is 1. The van der Waals surface area contributed by atoms with Crippen molar-refractivity contribution in [2.45, 2.75) is 25.7 Å². The first kappa shape index (κ1) is 23.6. The summed E-state index contributed by atoms with van der Waals surface area (Å²) >= 11 is 0. The predicted molar refractivity (Wildman–Crippen MR) is 139 cm³/mol. The van der Waals surface area contributed by atoms with Crippen LogP contribution in [-0.2, 0) is 16.0 Å². The quantitative estimate of drug-likeness (QED) is 0.435. The maximum Gasteiger partial charge on any atom is 0.230 e. The third kappa shape index (κ3) is 5.41. The van der Waals surface area contributed by atoms with Gasteiger partial charge in [0.05, 0.1) is 6.61 Å². The lowest BCUT2D eigenvalue weighted by atomic mass is 10.1. The molecule has 3 aromatic rings. The zero-order chi connectivity index (χ0) is 24.0. The molecule has 5 rings (SSSR count). The van der Waals surface area contributed by atoms with E-state index in [0.717, 1.165) is 57.5 Å². The molecule has 7 nitrogen and oxygen atoms in total. The Labute approximate surface area is 207 Å². The number of amides is 1. The number of hydrogen-bond donors (Lipinski definition) is 0. The lowest BCUT2D eigenvalue weighted by molar-refractivity contribution is -0.119. The van der Waals surface area contributed by atoms with Gasteiger partial charge in [0.1, 0.15) is 12.5 Å². The number of anilines is 2. The standard InChI is InChI=1S/C28H34N4O3/c1-34-21-32-27(33)14-12-23-11-13-26(29-28(23)32)35-20-5-4-15-30-16-18-31(19-17-30)25-10-6-8-22-7-2-3-9-24(22)25/h2-3,6-11,13H,4-5,12,14-21H2,1H3. The predicted octanol–water partition coefficient (Wildman–Crippen LogP) is 4.10. The second-order valence-corrected chi connectivity index (χ2v) is 9.25. The van der Waals surface area contributed by atoms with E-state index in [1.807, 2.05) is 12.1 Å². The molecule has 0 spiro atoms. The number of methoxy groups -OCH3 is 1. The number of fused-ring (bicyclic) bond motifs is 2. The number of pyridine rings is 1. The second kappa shape index (κ2) is 11.1. The van der Waals surface area contributed by atoms with E-state index in [2.05, 4.69) is 57.2 Å². The largest absolute Gasteiger partial charge is 0.478 e. The molecule has 7 heteroatoms. The van der Waals surface area contributed by atoms with Crippen molar-refractivity contribution < 1.29 is 14.3 Å². The fourth-order valence-electron chi connectivity index (χ4n) is 5.04. The van der Waals surface area contributed by atoms with Crippen LogP contribution in [0.5, 0.6) is 5.88 Å². The Morgan fingerprint density at radius 1 is 0.914 bits per heavy atom. The van der Waals surface area contributed by atoms with Crippen molar-refractivity contribution in [2.75, 3.05) is 63.0 Å². The molecule has 2 aliphatic rings. The lowest BCUT2D eigenvalue weighted by Crippen LogP contribution is -2.46. The summed E-state index contributed by atoms with van der Waals surface area (Å²) in [6.07, 6.45) is 3.28. The van der Waals surface area contributed by atoms with Gasteiger partial charge in [-0.25, -0.2) is 0 Å². The number of hydrogen-bond acceptors (Lipinski definition) is 6. The van der Waals surface area contributed by atoms with E-state index in [0.29, 0.717) is 24.7 Å². The molecule has 0 atom stereocenters. The van der Waals surface area contributed by atoms with Gasteiger partial charge in [0.15, 0.2) is 0 Å². The summed E-state index contributed by atoms with van der Waals surface area (Å²) in [5.41, 5.74) is 2.41. The van der Waals surface area contributed by atoms with Crippen LogP contribution in [0.15, 0.2) is 54.6 Å². The number of aromatic nitrogens is 1. The Morgan fingerprint density at radius 2 is 1.74 bits per heavy atom. The highest BCUT2D eigenvalue weighted by molar-refractivity contribution is 5.95. The van der Waals surface area contributed by atoms with Crippen LogP contribution in [0.25, 0.3) is 10.8 Å². The fraction of sp³-hybridized carbons (Fsp3) is 0.429. The molecule has 2 aromatic carbocycles. The summed E-state index contributed by atoms with van der Waals surface area (Å²) < 4.78 is 11.1. The average molecular weight is 475 g/mol. The molecule has 1 aromatic heterocycles. The summed E-state index contributed by atoms with van der Waals surface area (Å²) in [6.45, 7) is 6.20. The molecule has 1 amide bonds. The lowest BCUT2D eigenvalue weighted by Gasteiger charge is -2.36. The monoisotopic (exact) mass is 474 g/mol. The summed E-state index contributed by atoms with van der Waals surface area (Å²) in [4.78, 5) is 23.5. The highest BCUT2D eigenvalue weighted by Gasteiger charge is 2.26. The van der Waals surface area contributed by atoms with Gasteiger partial charge in [-0.3, -0.25) is 14.6 Å². The topological polar surface area (TPSA) is 58.1 Å². The maximum absolute atomic E-state index is 12.2. The Hall–Kier alpha value is -3.16. The van der Waals surface area contributed by atoms with Crippen LogP contribution in [-0.4, -0.2) is 69.0 Å². The molecule has 0 radical (unpaired) electrons. The van der Waals surface area contributed by atoms with Gasteiger partial charge in [-0.2, -0.15) is 4.98 Å². The van der Waals surface area contributed by atoms with Crippen LogP contribution in [0.2, 0.25) is 0 Å². The Bertz CT molecular complexity index is 1150. The first-order chi connectivity index (χ1) is 17.2. The van der Waals surface area contributed by atoms with Crippen molar-refractivity contribution in [1.82, 2.24) is 9.88 Å². The molecule has 1 saturated heterocycles. The van der Waals surface area contributed by atoms with E-state index < -0.39 is 0 Å². The molecule has 35 heavy (non-hydrogen) atoms. The molecule has 0 N–H and O–H groups in total. The second-order valence-electron chi connectivity index (χ2n) is 9.25. The van der Waals surface area contributed by atoms with Crippen molar-refractivity contribution in [3.63, 3.8) is 0 Å². The summed E-state index contributed by atoms with van der Waals surface area (Å²) in [6, 6.07) is 19.2. The average Bonchev–Trinajstić information content (AvgIpc) is 2.90. The minimum atomic E-state index is 0.0459. The third-order valence-electron chi connectivity index (χ3n) is 6.95. The van der Waals surface area contributed by atoms with Crippen LogP contribution in [0.1, 0.15) is 24.8 Å². The van der Waals surface area contributed by atoms with Gasteiger partial charge in [0, 0.05) is 56.8 Å². The number of ether oxygens (including phenoxy) is 2. The van der Waals surface area contributed by atoms with Crippen molar-refractivity contribution in [3.8, 4) is 5.88 Å². The van der Waals surface area contributed by atoms with Gasteiger partial charge >= 0.3 is 0 Å². The minimum absolute atomic E-state index is 0.0459. The molecular weight excluding hydrogens is 440 g/mol. The maximum atomic E-state index is 12.2. The number of carbonyl (C=O) groups excluding carboxylic acids is 1. The highest BCUT2D eigenvalue weighted by atomic mass is 16.5. The van der Waals surface area contributed by atoms with Gasteiger partial charge < -0.3 is 14.4 Å². The van der Waals surface area contributed by atoms with E-state index >= 15 is 0 Å². The highest BCUT2D eigenvalue weighted by Crippen LogP contribution is 2.29. The molecule has 0 unspecified atom stereocenters. The summed E-state index contributed by atoms with van der Waals surface area (Å²) in [5, 5.41) is 2.64. The SMILES string of the molecule is COCN1C(=O)CCc2ccc(OCCCCN3CCN(c4cccc5ccccc45)CC3)nc21. The summed E-state index contributed by atoms with van der Waals surface area (Å²) in [7, 11) is 1.59. The van der Waals surface area contributed by atoms with E-state index in [1.165, 1.54) is 16.5 Å². The first-order valence-electron chi connectivity index (χ1n) is 12.6. The molecule has 0 bridgehead atoms. The number of piperazine rings is 1. The molecule has 3 heterocycles. The van der Waals surface area contributed by atoms with Crippen LogP contribution in [0.4, 0.5) is 11.5 Å². The van der Waals surface area contributed by atoms with Gasteiger partial charge in [-0.05, 0) is 48.9 Å². The normalized spacial score (nSPS) is 16.5. The van der Waals surface area contributed by atoms with Crippen LogP contribution in [0.3, 0.4) is 0 Å². The Kier molecular flexibility index (Phi) is 7.45. The van der Waals surface area contributed by atoms with Crippen molar-refractivity contribution in [1.29, 1.82) is 0 Å². The van der Waals surface area contributed by atoms with Crippen LogP contribution < -0.4 is 14.5 Å². The van der Waals surface area contributed by atoms with Gasteiger partial charge in [-0.1, -0.05) is 36.4 Å². The van der Waals surface area contributed by atoms with Crippen molar-refractivity contribution >= 4 is 28.2 Å². The minimum Gasteiger partial charge on any atom is -0.478 e. The number of aryl methyl sites for hydroxylation is 1. The zero-order valence-electron chi connectivity index (χ0n) is 20.5. The van der Waals surface area contributed by atoms with E-state index in [1.54, 1.807) is 12.0 Å². The molecule has 0 aliphatic carbocycles. The number of rotatable bonds is 9. The number of nitrogens with zero attached hydrogens (tertiary/aromatic N) is 4. The first-order valence-corrected chi connectivity index (χ1v) is 12.6. The molecule has 2 aliphatic heterocycles. The summed E-state index contributed by atoms with van der Waals surface area (Å²) in [5.74, 6) is 1.29. The zero-order valence-corrected chi connectivity index (χ0v) is 20.5.